The predicted octanol–water partition coefficient (Wildman–Crippen LogP) is 5.34. The second-order valence-electron chi connectivity index (χ2n) is 10.5. The second kappa shape index (κ2) is 12.4. The summed E-state index contributed by atoms with van der Waals surface area (Å²) in [7, 11) is 3.00. The Kier molecular flexibility index (Phi) is 8.16. The van der Waals surface area contributed by atoms with Crippen molar-refractivity contribution in [2.75, 3.05) is 42.5 Å². The van der Waals surface area contributed by atoms with E-state index in [1.165, 1.54) is 20.3 Å². The third kappa shape index (κ3) is 5.49. The summed E-state index contributed by atoms with van der Waals surface area (Å²) in [4.78, 5) is 36.5. The zero-order valence-electron chi connectivity index (χ0n) is 25.4. The zero-order valence-corrected chi connectivity index (χ0v) is 27.0. The first-order valence-electron chi connectivity index (χ1n) is 14.0. The van der Waals surface area contributed by atoms with Crippen molar-refractivity contribution in [2.24, 2.45) is 0 Å². The highest BCUT2D eigenvalue weighted by atomic mass is 32.1. The van der Waals surface area contributed by atoms with Gasteiger partial charge in [-0.05, 0) is 41.5 Å². The summed E-state index contributed by atoms with van der Waals surface area (Å²) in [6, 6.07) is 17.7. The van der Waals surface area contributed by atoms with Crippen LogP contribution in [-0.4, -0.2) is 35.9 Å². The van der Waals surface area contributed by atoms with Gasteiger partial charge in [-0.1, -0.05) is 18.2 Å². The molecule has 2 aromatic carbocycles. The average molecular weight is 676 g/mol. The molecule has 4 aromatic heterocycles. The van der Waals surface area contributed by atoms with Crippen LogP contribution in [0.5, 0.6) is 11.5 Å². The Morgan fingerprint density at radius 1 is 0.771 bits per heavy atom. The number of ether oxygens (including phenoxy) is 2. The summed E-state index contributed by atoms with van der Waals surface area (Å²) in [5.41, 5.74) is 27.6. The number of carbonyl (C=O) groups excluding carboxylic acids is 2. The molecule has 48 heavy (non-hydrogen) atoms. The molecule has 0 fully saturated rings. The van der Waals surface area contributed by atoms with Gasteiger partial charge in [-0.25, -0.2) is 9.97 Å². The Morgan fingerprint density at radius 3 is 1.85 bits per heavy atom. The van der Waals surface area contributed by atoms with Crippen LogP contribution in [-0.2, 0) is 6.42 Å². The number of aromatic nitrogens is 2. The Labute approximate surface area is 280 Å². The van der Waals surface area contributed by atoms with Gasteiger partial charge in [-0.3, -0.25) is 9.59 Å². The Bertz CT molecular complexity index is 2240. The van der Waals surface area contributed by atoms with Gasteiger partial charge in [0.1, 0.15) is 49.8 Å². The molecule has 13 nitrogen and oxygen atoms in total. The molecule has 1 amide bonds. The summed E-state index contributed by atoms with van der Waals surface area (Å²) in [5, 5.41) is 22.4. The van der Waals surface area contributed by atoms with E-state index in [1.807, 2.05) is 18.2 Å². The van der Waals surface area contributed by atoms with Crippen LogP contribution < -0.4 is 37.7 Å². The molecule has 15 heteroatoms. The van der Waals surface area contributed by atoms with Crippen molar-refractivity contribution in [3.05, 3.63) is 75.0 Å². The smallest absolute Gasteiger partial charge is 0.268 e. The normalized spacial score (nSPS) is 10.8. The van der Waals surface area contributed by atoms with Gasteiger partial charge >= 0.3 is 0 Å². The Hall–Kier alpha value is -6.42. The number of rotatable bonds is 8. The van der Waals surface area contributed by atoms with E-state index in [4.69, 9.17) is 32.4 Å². The minimum Gasteiger partial charge on any atom is -0.496 e. The minimum atomic E-state index is -0.474. The number of thiophene rings is 2. The minimum absolute atomic E-state index is 0.0101. The van der Waals surface area contributed by atoms with Crippen molar-refractivity contribution in [3.8, 4) is 34.8 Å². The largest absolute Gasteiger partial charge is 0.496 e. The van der Waals surface area contributed by atoms with Crippen LogP contribution in [0.3, 0.4) is 0 Å². The molecule has 6 aromatic rings. The summed E-state index contributed by atoms with van der Waals surface area (Å²) in [6.45, 7) is 0. The molecule has 0 aliphatic rings. The number of Topliss-reactive ketones (excluding diaryl/α,β-unsaturated/α-hetero) is 1. The molecular weight excluding hydrogens is 651 g/mol. The fourth-order valence-corrected chi connectivity index (χ4v) is 7.14. The standard InChI is InChI=1S/C33H25N9O4S2/c1-45-23-10-14(3-4-16(23)9-22(43)27-25(36)19-7-17(12-34)29(38)41-32(19)47-27)15-5-6-21(24(11-15)46-2)40-31(44)28-26(37)20-8-18(13-35)30(39)42-33(20)48-28/h3-8,10-11H,9,36-37H2,1-2H3,(H2,38,41)(H2,39,42)(H,40,44). The number of nitriles is 2. The van der Waals surface area contributed by atoms with E-state index in [-0.39, 0.29) is 51.2 Å². The van der Waals surface area contributed by atoms with Crippen molar-refractivity contribution in [3.63, 3.8) is 0 Å². The number of nitrogen functional groups attached to an aromatic ring is 4. The number of pyridine rings is 2. The number of nitrogens with two attached hydrogens (primary N) is 4. The van der Waals surface area contributed by atoms with Crippen LogP contribution in [0.25, 0.3) is 31.6 Å². The highest BCUT2D eigenvalue weighted by molar-refractivity contribution is 7.21. The molecule has 4 heterocycles. The van der Waals surface area contributed by atoms with Gasteiger partial charge < -0.3 is 37.7 Å². The fourth-order valence-electron chi connectivity index (χ4n) is 5.14. The first kappa shape index (κ1) is 31.6. The molecule has 238 valence electrons. The molecule has 0 aliphatic carbocycles. The lowest BCUT2D eigenvalue weighted by Crippen LogP contribution is -2.12. The number of nitrogens with one attached hydrogen (secondary N) is 1. The van der Waals surface area contributed by atoms with Crippen LogP contribution >= 0.6 is 22.7 Å². The number of hydrogen-bond donors (Lipinski definition) is 5. The Balaban J connectivity index is 1.24. The fraction of sp³-hybridized carbons (Fsp3) is 0.0909. The Morgan fingerprint density at radius 2 is 1.29 bits per heavy atom. The molecular formula is C33H25N9O4S2. The van der Waals surface area contributed by atoms with Crippen LogP contribution in [0.15, 0.2) is 48.5 Å². The number of amides is 1. The third-order valence-electron chi connectivity index (χ3n) is 7.62. The number of benzene rings is 2. The number of ketones is 1. The molecule has 6 rings (SSSR count). The molecule has 0 unspecified atom stereocenters. The first-order valence-corrected chi connectivity index (χ1v) is 15.7. The van der Waals surface area contributed by atoms with Crippen molar-refractivity contribution in [1.82, 2.24) is 9.97 Å². The van der Waals surface area contributed by atoms with Crippen LogP contribution in [0.1, 0.15) is 36.0 Å². The number of fused-ring (bicyclic) bond motifs is 2. The monoisotopic (exact) mass is 675 g/mol. The van der Waals surface area contributed by atoms with Gasteiger partial charge in [-0.2, -0.15) is 10.5 Å². The van der Waals surface area contributed by atoms with Crippen molar-refractivity contribution >= 4 is 83.5 Å². The SMILES string of the molecule is COc1cc(-c2ccc(NC(=O)c3sc4nc(N)c(C#N)cc4c3N)c(OC)c2)ccc1CC(=O)c1sc2nc(N)c(C#N)cc2c1N. The molecule has 9 N–H and O–H groups in total. The maximum Gasteiger partial charge on any atom is 0.268 e. The first-order chi connectivity index (χ1) is 23.1. The highest BCUT2D eigenvalue weighted by Crippen LogP contribution is 2.39. The van der Waals surface area contributed by atoms with Gasteiger partial charge in [0.05, 0.1) is 47.3 Å². The summed E-state index contributed by atoms with van der Waals surface area (Å²) >= 11 is 2.19. The van der Waals surface area contributed by atoms with Crippen molar-refractivity contribution in [1.29, 1.82) is 10.5 Å². The lowest BCUT2D eigenvalue weighted by atomic mass is 9.99. The second-order valence-corrected chi connectivity index (χ2v) is 12.5. The molecule has 0 radical (unpaired) electrons. The maximum atomic E-state index is 13.4. The molecule has 0 aliphatic heterocycles. The van der Waals surface area contributed by atoms with E-state index in [9.17, 15) is 20.1 Å². The molecule has 0 atom stereocenters. The van der Waals surface area contributed by atoms with E-state index >= 15 is 0 Å². The lowest BCUT2D eigenvalue weighted by molar-refractivity contribution is 0.0994. The van der Waals surface area contributed by atoms with Crippen LogP contribution in [0, 0.1) is 22.7 Å². The average Bonchev–Trinajstić information content (AvgIpc) is 3.58. The lowest BCUT2D eigenvalue weighted by Gasteiger charge is -2.14. The summed E-state index contributed by atoms with van der Waals surface area (Å²) in [6.07, 6.45) is 0.0101. The van der Waals surface area contributed by atoms with Gasteiger partial charge in [-0.15, -0.1) is 22.7 Å². The van der Waals surface area contributed by atoms with Crippen molar-refractivity contribution in [2.45, 2.75) is 6.42 Å². The molecule has 0 bridgehead atoms. The van der Waals surface area contributed by atoms with E-state index in [2.05, 4.69) is 15.3 Å². The number of carbonyl (C=O) groups is 2. The van der Waals surface area contributed by atoms with Crippen molar-refractivity contribution < 1.29 is 19.1 Å². The zero-order chi connectivity index (χ0) is 34.3. The topological polar surface area (TPSA) is 242 Å². The summed E-state index contributed by atoms with van der Waals surface area (Å²) < 4.78 is 11.2. The quantitative estimate of drug-likeness (QED) is 0.128. The molecule has 0 spiro atoms. The number of nitrogens with zero attached hydrogens (tertiary/aromatic N) is 4. The van der Waals surface area contributed by atoms with Gasteiger partial charge in [0.25, 0.3) is 5.91 Å². The molecule has 0 saturated heterocycles. The van der Waals surface area contributed by atoms with E-state index < -0.39 is 5.91 Å². The highest BCUT2D eigenvalue weighted by Gasteiger charge is 2.22. The van der Waals surface area contributed by atoms with Crippen LogP contribution in [0.2, 0.25) is 0 Å². The van der Waals surface area contributed by atoms with Crippen LogP contribution in [0.4, 0.5) is 28.7 Å². The number of methoxy groups -OCH3 is 2. The van der Waals surface area contributed by atoms with Gasteiger partial charge in [0, 0.05) is 22.8 Å². The van der Waals surface area contributed by atoms with Gasteiger partial charge in [0.2, 0.25) is 0 Å². The third-order valence-corrected chi connectivity index (χ3v) is 9.89. The number of hydrogen-bond acceptors (Lipinski definition) is 14. The van der Waals surface area contributed by atoms with E-state index in [0.717, 1.165) is 33.8 Å². The van der Waals surface area contributed by atoms with Gasteiger partial charge in [0.15, 0.2) is 5.78 Å². The maximum absolute atomic E-state index is 13.4. The summed E-state index contributed by atoms with van der Waals surface area (Å²) in [5.74, 6) is 0.312. The predicted molar refractivity (Wildman–Crippen MR) is 187 cm³/mol. The molecule has 0 saturated carbocycles. The van der Waals surface area contributed by atoms with E-state index in [1.54, 1.807) is 36.4 Å². The van der Waals surface area contributed by atoms with E-state index in [0.29, 0.717) is 48.1 Å². The number of anilines is 5.